The number of nitrogens with zero attached hydrogens (tertiary/aromatic N) is 3. The van der Waals surface area contributed by atoms with E-state index in [1.54, 1.807) is 31.2 Å². The van der Waals surface area contributed by atoms with Crippen LogP contribution in [-0.4, -0.2) is 48.5 Å². The zero-order valence-electron chi connectivity index (χ0n) is 20.6. The lowest BCUT2D eigenvalue weighted by Gasteiger charge is -2.36. The van der Waals surface area contributed by atoms with Crippen LogP contribution in [0.1, 0.15) is 44.1 Å². The van der Waals surface area contributed by atoms with Gasteiger partial charge in [-0.15, -0.1) is 0 Å². The van der Waals surface area contributed by atoms with Crippen molar-refractivity contribution in [3.8, 4) is 0 Å². The van der Waals surface area contributed by atoms with Crippen molar-refractivity contribution in [1.82, 2.24) is 4.90 Å². The Morgan fingerprint density at radius 3 is 2.34 bits per heavy atom. The molecule has 1 N–H and O–H groups in total. The van der Waals surface area contributed by atoms with Gasteiger partial charge in [0.25, 0.3) is 5.69 Å². The fraction of sp³-hybridized carbons (Fsp3) is 0.519. The topological polar surface area (TPSA) is 78.7 Å². The van der Waals surface area contributed by atoms with Gasteiger partial charge in [0, 0.05) is 61.6 Å². The number of anilines is 2. The van der Waals surface area contributed by atoms with E-state index in [1.807, 2.05) is 18.0 Å². The van der Waals surface area contributed by atoms with E-state index in [9.17, 15) is 19.3 Å². The van der Waals surface area contributed by atoms with E-state index in [4.69, 9.17) is 0 Å². The van der Waals surface area contributed by atoms with Gasteiger partial charge in [0.2, 0.25) is 5.91 Å². The van der Waals surface area contributed by atoms with Crippen LogP contribution in [0.15, 0.2) is 42.5 Å². The van der Waals surface area contributed by atoms with Gasteiger partial charge in [0.05, 0.1) is 4.92 Å². The largest absolute Gasteiger partial charge is 0.382 e. The molecule has 0 radical (unpaired) electrons. The Kier molecular flexibility index (Phi) is 7.88. The molecule has 2 aromatic carbocycles. The number of amides is 1. The van der Waals surface area contributed by atoms with Crippen LogP contribution in [-0.2, 0) is 4.79 Å². The second kappa shape index (κ2) is 11.1. The van der Waals surface area contributed by atoms with Crippen LogP contribution < -0.4 is 10.2 Å². The molecule has 0 unspecified atom stereocenters. The molecule has 1 saturated heterocycles. The Bertz CT molecular complexity index is 1030. The molecule has 1 aliphatic heterocycles. The highest BCUT2D eigenvalue weighted by molar-refractivity contribution is 5.79. The minimum absolute atomic E-state index is 0.0556. The van der Waals surface area contributed by atoms with Crippen LogP contribution in [0.2, 0.25) is 0 Å². The van der Waals surface area contributed by atoms with Crippen molar-refractivity contribution in [2.45, 2.75) is 51.5 Å². The van der Waals surface area contributed by atoms with Gasteiger partial charge >= 0.3 is 0 Å². The summed E-state index contributed by atoms with van der Waals surface area (Å²) in [5.74, 6) is 0.567. The van der Waals surface area contributed by atoms with Crippen molar-refractivity contribution >= 4 is 23.0 Å². The average molecular weight is 483 g/mol. The number of piperidine rings is 1. The molecular formula is C27H35FN4O3. The van der Waals surface area contributed by atoms with Gasteiger partial charge in [-0.05, 0) is 87.8 Å². The number of carbonyl (C=O) groups is 1. The van der Waals surface area contributed by atoms with E-state index in [2.05, 4.69) is 10.2 Å². The first-order valence-corrected chi connectivity index (χ1v) is 12.6. The van der Waals surface area contributed by atoms with E-state index in [1.165, 1.54) is 12.1 Å². The van der Waals surface area contributed by atoms with Crippen LogP contribution >= 0.6 is 0 Å². The van der Waals surface area contributed by atoms with Crippen LogP contribution in [0.4, 0.5) is 21.5 Å². The van der Waals surface area contributed by atoms with Crippen molar-refractivity contribution < 1.29 is 14.1 Å². The molecule has 1 saturated carbocycles. The highest BCUT2D eigenvalue weighted by Gasteiger charge is 2.29. The quantitative estimate of drug-likeness (QED) is 0.423. The fourth-order valence-electron chi connectivity index (χ4n) is 5.50. The van der Waals surface area contributed by atoms with Gasteiger partial charge in [-0.25, -0.2) is 4.39 Å². The molecule has 7 nitrogen and oxygen atoms in total. The Morgan fingerprint density at radius 1 is 1.09 bits per heavy atom. The number of benzene rings is 2. The molecule has 2 fully saturated rings. The molecular weight excluding hydrogens is 447 g/mol. The van der Waals surface area contributed by atoms with Crippen molar-refractivity contribution in [1.29, 1.82) is 0 Å². The second-order valence-electron chi connectivity index (χ2n) is 10.1. The highest BCUT2D eigenvalue weighted by Crippen LogP contribution is 2.30. The Labute approximate surface area is 206 Å². The normalized spacial score (nSPS) is 20.9. The molecule has 4 rings (SSSR count). The fourth-order valence-corrected chi connectivity index (χ4v) is 5.50. The zero-order valence-corrected chi connectivity index (χ0v) is 20.6. The number of nitrogens with one attached hydrogen (secondary N) is 1. The first kappa shape index (κ1) is 24.9. The molecule has 1 aliphatic carbocycles. The van der Waals surface area contributed by atoms with Crippen molar-refractivity contribution in [3.63, 3.8) is 0 Å². The summed E-state index contributed by atoms with van der Waals surface area (Å²) in [6.45, 7) is 4.18. The van der Waals surface area contributed by atoms with E-state index < -0.39 is 0 Å². The summed E-state index contributed by atoms with van der Waals surface area (Å²) in [5, 5.41) is 14.6. The van der Waals surface area contributed by atoms with E-state index in [-0.39, 0.29) is 28.3 Å². The number of nitro benzene ring substituents is 1. The summed E-state index contributed by atoms with van der Waals surface area (Å²) in [4.78, 5) is 27.9. The third kappa shape index (κ3) is 6.29. The predicted molar refractivity (Wildman–Crippen MR) is 136 cm³/mol. The van der Waals surface area contributed by atoms with Crippen molar-refractivity contribution in [2.75, 3.05) is 36.9 Å². The molecule has 1 amide bonds. The van der Waals surface area contributed by atoms with Crippen LogP contribution in [0.3, 0.4) is 0 Å². The van der Waals surface area contributed by atoms with E-state index >= 15 is 0 Å². The number of rotatable bonds is 7. The second-order valence-corrected chi connectivity index (χ2v) is 10.1. The Hall–Kier alpha value is -3.16. The third-order valence-electron chi connectivity index (χ3n) is 7.56. The number of halogens is 1. The molecule has 0 aromatic heterocycles. The summed E-state index contributed by atoms with van der Waals surface area (Å²) in [6.07, 6.45) is 5.82. The third-order valence-corrected chi connectivity index (χ3v) is 7.56. The number of hydrogen-bond acceptors (Lipinski definition) is 5. The maximum absolute atomic E-state index is 13.2. The number of nitro groups is 1. The monoisotopic (exact) mass is 482 g/mol. The summed E-state index contributed by atoms with van der Waals surface area (Å²) in [6, 6.07) is 12.1. The molecule has 0 atom stereocenters. The SMILES string of the molecule is Cc1cc(NC2CCC(CN(C)C(=O)C3CCN(c4ccc(F)cc4)CC3)CC2)ccc1[N+](=O)[O-]. The van der Waals surface area contributed by atoms with E-state index in [0.29, 0.717) is 17.5 Å². The number of hydrogen-bond donors (Lipinski definition) is 1. The van der Waals surface area contributed by atoms with Crippen LogP contribution in [0.25, 0.3) is 0 Å². The standard InChI is InChI=1S/C27H35FN4O3/c1-19-17-24(9-12-26(19)32(34)35)29-23-7-3-20(4-8-23)18-30(2)27(33)21-13-15-31(16-14-21)25-10-5-22(28)6-11-25/h5-6,9-12,17,20-21,23,29H,3-4,7-8,13-16,18H2,1-2H3. The molecule has 1 heterocycles. The van der Waals surface area contributed by atoms with Gasteiger partial charge < -0.3 is 15.1 Å². The van der Waals surface area contributed by atoms with Gasteiger partial charge in [-0.2, -0.15) is 0 Å². The lowest BCUT2D eigenvalue weighted by atomic mass is 9.85. The van der Waals surface area contributed by atoms with Crippen molar-refractivity contribution in [3.05, 3.63) is 64.0 Å². The van der Waals surface area contributed by atoms with Crippen molar-refractivity contribution in [2.24, 2.45) is 11.8 Å². The van der Waals surface area contributed by atoms with Gasteiger partial charge in [0.1, 0.15) is 5.82 Å². The molecule has 2 aliphatic rings. The maximum Gasteiger partial charge on any atom is 0.272 e. The molecule has 8 heteroatoms. The Morgan fingerprint density at radius 2 is 1.74 bits per heavy atom. The molecule has 0 spiro atoms. The summed E-state index contributed by atoms with van der Waals surface area (Å²) < 4.78 is 13.2. The summed E-state index contributed by atoms with van der Waals surface area (Å²) >= 11 is 0. The van der Waals surface area contributed by atoms with E-state index in [0.717, 1.165) is 69.5 Å². The minimum atomic E-state index is -0.350. The number of carbonyl (C=O) groups excluding carboxylic acids is 1. The zero-order chi connectivity index (χ0) is 24.9. The molecule has 35 heavy (non-hydrogen) atoms. The summed E-state index contributed by atoms with van der Waals surface area (Å²) in [7, 11) is 1.93. The lowest BCUT2D eigenvalue weighted by molar-refractivity contribution is -0.385. The highest BCUT2D eigenvalue weighted by atomic mass is 19.1. The molecule has 0 bridgehead atoms. The molecule has 188 valence electrons. The van der Waals surface area contributed by atoms with Gasteiger partial charge in [0.15, 0.2) is 0 Å². The number of aryl methyl sites for hydroxylation is 1. The first-order valence-electron chi connectivity index (χ1n) is 12.6. The minimum Gasteiger partial charge on any atom is -0.382 e. The summed E-state index contributed by atoms with van der Waals surface area (Å²) in [5.41, 5.74) is 2.75. The predicted octanol–water partition coefficient (Wildman–Crippen LogP) is 5.39. The Balaban J connectivity index is 1.20. The van der Waals surface area contributed by atoms with Crippen LogP contribution in [0.5, 0.6) is 0 Å². The lowest BCUT2D eigenvalue weighted by Crippen LogP contribution is -2.43. The van der Waals surface area contributed by atoms with Gasteiger partial charge in [-0.3, -0.25) is 14.9 Å². The molecule has 2 aromatic rings. The average Bonchev–Trinajstić information content (AvgIpc) is 2.85. The van der Waals surface area contributed by atoms with Crippen LogP contribution in [0, 0.1) is 34.7 Å². The smallest absolute Gasteiger partial charge is 0.272 e. The maximum atomic E-state index is 13.2. The first-order chi connectivity index (χ1) is 16.8. The van der Waals surface area contributed by atoms with Gasteiger partial charge in [-0.1, -0.05) is 0 Å².